The van der Waals surface area contributed by atoms with Crippen molar-refractivity contribution in [1.29, 1.82) is 0 Å². The van der Waals surface area contributed by atoms with Crippen molar-refractivity contribution in [2.75, 3.05) is 0 Å². The second kappa shape index (κ2) is 3.99. The van der Waals surface area contributed by atoms with Gasteiger partial charge in [-0.25, -0.2) is 4.39 Å². The van der Waals surface area contributed by atoms with Crippen LogP contribution in [0.4, 0.5) is 4.39 Å². The van der Waals surface area contributed by atoms with Crippen LogP contribution in [-0.4, -0.2) is 0 Å². The summed E-state index contributed by atoms with van der Waals surface area (Å²) in [7, 11) is 0. The Kier molecular flexibility index (Phi) is 2.69. The molecule has 1 nitrogen and oxygen atoms in total. The zero-order valence-electron chi connectivity index (χ0n) is 8.76. The van der Waals surface area contributed by atoms with Gasteiger partial charge in [-0.1, -0.05) is 31.2 Å². The Morgan fingerprint density at radius 3 is 2.60 bits per heavy atom. The SMILES string of the molecule is CCc1c(CN)ccc2c(F)cccc12. The van der Waals surface area contributed by atoms with Gasteiger partial charge in [0.15, 0.2) is 0 Å². The molecule has 0 radical (unpaired) electrons. The zero-order valence-corrected chi connectivity index (χ0v) is 8.76. The number of benzene rings is 2. The molecule has 78 valence electrons. The van der Waals surface area contributed by atoms with E-state index in [0.717, 1.165) is 22.9 Å². The van der Waals surface area contributed by atoms with Crippen LogP contribution in [0.2, 0.25) is 0 Å². The topological polar surface area (TPSA) is 26.0 Å². The van der Waals surface area contributed by atoms with Crippen molar-refractivity contribution in [3.05, 3.63) is 47.3 Å². The van der Waals surface area contributed by atoms with Crippen LogP contribution >= 0.6 is 0 Å². The van der Waals surface area contributed by atoms with E-state index in [1.54, 1.807) is 6.07 Å². The molecular formula is C13H14FN. The molecule has 0 heterocycles. The molecule has 2 rings (SSSR count). The summed E-state index contributed by atoms with van der Waals surface area (Å²) in [5.74, 6) is -0.161. The number of halogens is 1. The zero-order chi connectivity index (χ0) is 10.8. The third-order valence-electron chi connectivity index (χ3n) is 2.79. The summed E-state index contributed by atoms with van der Waals surface area (Å²) in [5, 5.41) is 1.67. The summed E-state index contributed by atoms with van der Waals surface area (Å²) in [6, 6.07) is 8.92. The van der Waals surface area contributed by atoms with Crippen molar-refractivity contribution >= 4 is 10.8 Å². The average Bonchev–Trinajstić information content (AvgIpc) is 2.28. The number of aryl methyl sites for hydroxylation is 1. The smallest absolute Gasteiger partial charge is 0.131 e. The second-order valence-corrected chi connectivity index (χ2v) is 3.60. The van der Waals surface area contributed by atoms with E-state index in [4.69, 9.17) is 5.73 Å². The van der Waals surface area contributed by atoms with Crippen molar-refractivity contribution in [3.63, 3.8) is 0 Å². The maximum Gasteiger partial charge on any atom is 0.131 e. The Balaban J connectivity index is 2.82. The molecule has 0 unspecified atom stereocenters. The largest absolute Gasteiger partial charge is 0.326 e. The Labute approximate surface area is 88.7 Å². The normalized spacial score (nSPS) is 10.9. The van der Waals surface area contributed by atoms with Crippen LogP contribution in [-0.2, 0) is 13.0 Å². The maximum absolute atomic E-state index is 13.5. The fourth-order valence-electron chi connectivity index (χ4n) is 2.04. The fourth-order valence-corrected chi connectivity index (χ4v) is 2.04. The van der Waals surface area contributed by atoms with Crippen molar-refractivity contribution < 1.29 is 4.39 Å². The molecule has 0 aliphatic carbocycles. The first kappa shape index (κ1) is 10.1. The van der Waals surface area contributed by atoms with E-state index in [0.29, 0.717) is 11.9 Å². The summed E-state index contributed by atoms with van der Waals surface area (Å²) in [6.45, 7) is 2.58. The van der Waals surface area contributed by atoms with Gasteiger partial charge in [-0.05, 0) is 29.0 Å². The summed E-state index contributed by atoms with van der Waals surface area (Å²) >= 11 is 0. The number of rotatable bonds is 2. The van der Waals surface area contributed by atoms with E-state index in [1.807, 2.05) is 18.2 Å². The van der Waals surface area contributed by atoms with Gasteiger partial charge in [-0.15, -0.1) is 0 Å². The van der Waals surface area contributed by atoms with Crippen LogP contribution in [0.25, 0.3) is 10.8 Å². The molecule has 0 fully saturated rings. The number of fused-ring (bicyclic) bond motifs is 1. The molecule has 2 N–H and O–H groups in total. The Bertz CT molecular complexity index is 491. The molecule has 0 bridgehead atoms. The van der Waals surface area contributed by atoms with Gasteiger partial charge in [-0.3, -0.25) is 0 Å². The van der Waals surface area contributed by atoms with Gasteiger partial charge in [0.1, 0.15) is 5.82 Å². The van der Waals surface area contributed by atoms with Gasteiger partial charge in [-0.2, -0.15) is 0 Å². The highest BCUT2D eigenvalue weighted by Gasteiger charge is 2.07. The lowest BCUT2D eigenvalue weighted by Gasteiger charge is -2.10. The first-order valence-corrected chi connectivity index (χ1v) is 5.17. The molecule has 2 aromatic carbocycles. The van der Waals surface area contributed by atoms with E-state index in [1.165, 1.54) is 6.07 Å². The first-order valence-electron chi connectivity index (χ1n) is 5.17. The second-order valence-electron chi connectivity index (χ2n) is 3.60. The predicted octanol–water partition coefficient (Wildman–Crippen LogP) is 3.00. The number of hydrogen-bond acceptors (Lipinski definition) is 1. The highest BCUT2D eigenvalue weighted by atomic mass is 19.1. The van der Waals surface area contributed by atoms with Gasteiger partial charge >= 0.3 is 0 Å². The van der Waals surface area contributed by atoms with Gasteiger partial charge < -0.3 is 5.73 Å². The maximum atomic E-state index is 13.5. The minimum absolute atomic E-state index is 0.161. The quantitative estimate of drug-likeness (QED) is 0.797. The van der Waals surface area contributed by atoms with Gasteiger partial charge in [0.25, 0.3) is 0 Å². The van der Waals surface area contributed by atoms with Crippen molar-refractivity contribution in [1.82, 2.24) is 0 Å². The summed E-state index contributed by atoms with van der Waals surface area (Å²) < 4.78 is 13.5. The van der Waals surface area contributed by atoms with Gasteiger partial charge in [0.05, 0.1) is 0 Å². The standard InChI is InChI=1S/C13H14FN/c1-2-10-9(8-15)6-7-12-11(10)4-3-5-13(12)14/h3-7H,2,8,15H2,1H3. The molecule has 0 aliphatic heterocycles. The van der Waals surface area contributed by atoms with Crippen molar-refractivity contribution in [3.8, 4) is 0 Å². The molecule has 0 aliphatic rings. The monoisotopic (exact) mass is 203 g/mol. The lowest BCUT2D eigenvalue weighted by atomic mass is 9.97. The third kappa shape index (κ3) is 1.61. The molecule has 0 amide bonds. The minimum Gasteiger partial charge on any atom is -0.326 e. The molecular weight excluding hydrogens is 189 g/mol. The summed E-state index contributed by atoms with van der Waals surface area (Å²) in [6.07, 6.45) is 0.882. The highest BCUT2D eigenvalue weighted by Crippen LogP contribution is 2.24. The third-order valence-corrected chi connectivity index (χ3v) is 2.79. The van der Waals surface area contributed by atoms with Crippen LogP contribution in [0, 0.1) is 5.82 Å². The van der Waals surface area contributed by atoms with Gasteiger partial charge in [0, 0.05) is 11.9 Å². The first-order chi connectivity index (χ1) is 7.27. The van der Waals surface area contributed by atoms with Crippen LogP contribution < -0.4 is 5.73 Å². The molecule has 15 heavy (non-hydrogen) atoms. The highest BCUT2D eigenvalue weighted by molar-refractivity contribution is 5.87. The van der Waals surface area contributed by atoms with E-state index in [-0.39, 0.29) is 5.82 Å². The van der Waals surface area contributed by atoms with Crippen LogP contribution in [0.15, 0.2) is 30.3 Å². The van der Waals surface area contributed by atoms with E-state index in [2.05, 4.69) is 6.92 Å². The average molecular weight is 203 g/mol. The molecule has 0 aromatic heterocycles. The van der Waals surface area contributed by atoms with Crippen LogP contribution in [0.3, 0.4) is 0 Å². The van der Waals surface area contributed by atoms with Crippen LogP contribution in [0.1, 0.15) is 18.1 Å². The summed E-state index contributed by atoms with van der Waals surface area (Å²) in [4.78, 5) is 0. The lowest BCUT2D eigenvalue weighted by Crippen LogP contribution is -2.01. The molecule has 0 saturated heterocycles. The van der Waals surface area contributed by atoms with E-state index in [9.17, 15) is 4.39 Å². The Morgan fingerprint density at radius 2 is 1.93 bits per heavy atom. The lowest BCUT2D eigenvalue weighted by molar-refractivity contribution is 0.639. The molecule has 2 aromatic rings. The molecule has 0 spiro atoms. The Hall–Kier alpha value is -1.41. The van der Waals surface area contributed by atoms with E-state index < -0.39 is 0 Å². The number of hydrogen-bond donors (Lipinski definition) is 1. The molecule has 2 heteroatoms. The minimum atomic E-state index is -0.161. The fraction of sp³-hybridized carbons (Fsp3) is 0.231. The molecule has 0 atom stereocenters. The molecule has 0 saturated carbocycles. The Morgan fingerprint density at radius 1 is 1.13 bits per heavy atom. The van der Waals surface area contributed by atoms with Gasteiger partial charge in [0.2, 0.25) is 0 Å². The van der Waals surface area contributed by atoms with Crippen LogP contribution in [0.5, 0.6) is 0 Å². The van der Waals surface area contributed by atoms with Crippen molar-refractivity contribution in [2.45, 2.75) is 19.9 Å². The number of nitrogens with two attached hydrogens (primary N) is 1. The van der Waals surface area contributed by atoms with Crippen molar-refractivity contribution in [2.24, 2.45) is 5.73 Å². The van der Waals surface area contributed by atoms with E-state index >= 15 is 0 Å². The summed E-state index contributed by atoms with van der Waals surface area (Å²) in [5.41, 5.74) is 7.93. The predicted molar refractivity (Wildman–Crippen MR) is 61.2 cm³/mol.